The number of nitrogens with two attached hydrogens (primary N) is 2. The molecule has 166 valence electrons. The SMILES string of the molecule is Cl.NC(N)=NCCC[C@H](NC(=O)c1ccc(C23CCC(O)(CC2)CC3)cc1)B(O)O. The molecule has 3 fully saturated rings. The Labute approximate surface area is 183 Å². The molecule has 3 aliphatic carbocycles. The summed E-state index contributed by atoms with van der Waals surface area (Å²) in [4.78, 5) is 16.4. The van der Waals surface area contributed by atoms with E-state index < -0.39 is 18.7 Å². The van der Waals surface area contributed by atoms with Crippen molar-refractivity contribution < 1.29 is 19.9 Å². The van der Waals surface area contributed by atoms with Gasteiger partial charge in [-0.2, -0.15) is 0 Å². The highest BCUT2D eigenvalue weighted by molar-refractivity contribution is 6.43. The number of hydrogen-bond acceptors (Lipinski definition) is 5. The fraction of sp³-hybridized carbons (Fsp3) is 0.600. The molecule has 0 heterocycles. The van der Waals surface area contributed by atoms with Crippen LogP contribution in [0.5, 0.6) is 0 Å². The average Bonchev–Trinajstić information content (AvgIpc) is 2.70. The van der Waals surface area contributed by atoms with E-state index in [0.717, 1.165) is 38.5 Å². The maximum atomic E-state index is 12.6. The zero-order chi connectivity index (χ0) is 21.1. The minimum atomic E-state index is -1.67. The second kappa shape index (κ2) is 10.0. The van der Waals surface area contributed by atoms with Crippen molar-refractivity contribution >= 4 is 31.4 Å². The summed E-state index contributed by atoms with van der Waals surface area (Å²) in [6, 6.07) is 7.56. The number of aliphatic hydroxyl groups is 1. The molecule has 0 unspecified atom stereocenters. The van der Waals surface area contributed by atoms with Crippen molar-refractivity contribution in [2.75, 3.05) is 6.54 Å². The average molecular weight is 439 g/mol. The molecule has 0 spiro atoms. The molecule has 8 N–H and O–H groups in total. The van der Waals surface area contributed by atoms with Crippen LogP contribution >= 0.6 is 12.4 Å². The van der Waals surface area contributed by atoms with Crippen LogP contribution in [0.1, 0.15) is 67.3 Å². The molecule has 3 aliphatic rings. The summed E-state index contributed by atoms with van der Waals surface area (Å²) in [6.45, 7) is 0.354. The predicted octanol–water partition coefficient (Wildman–Crippen LogP) is 0.609. The number of nitrogens with one attached hydrogen (secondary N) is 1. The van der Waals surface area contributed by atoms with Crippen LogP contribution < -0.4 is 16.8 Å². The molecule has 1 atom stereocenters. The van der Waals surface area contributed by atoms with Crippen LogP contribution in [-0.4, -0.2) is 52.2 Å². The van der Waals surface area contributed by atoms with Crippen molar-refractivity contribution in [3.8, 4) is 0 Å². The van der Waals surface area contributed by atoms with Gasteiger partial charge in [0.1, 0.15) is 0 Å². The van der Waals surface area contributed by atoms with Gasteiger partial charge in [-0.15, -0.1) is 12.4 Å². The van der Waals surface area contributed by atoms with E-state index in [1.807, 2.05) is 12.1 Å². The van der Waals surface area contributed by atoms with Gasteiger partial charge < -0.3 is 31.9 Å². The monoisotopic (exact) mass is 438 g/mol. The molecule has 10 heteroatoms. The number of rotatable bonds is 8. The summed E-state index contributed by atoms with van der Waals surface area (Å²) in [5.41, 5.74) is 11.9. The molecule has 30 heavy (non-hydrogen) atoms. The van der Waals surface area contributed by atoms with Crippen molar-refractivity contribution in [1.29, 1.82) is 0 Å². The highest BCUT2D eigenvalue weighted by Gasteiger charge is 2.48. The van der Waals surface area contributed by atoms with Gasteiger partial charge in [-0.05, 0) is 74.5 Å². The van der Waals surface area contributed by atoms with Gasteiger partial charge in [-0.25, -0.2) is 0 Å². The molecule has 4 rings (SSSR count). The Hall–Kier alpha value is -1.81. The van der Waals surface area contributed by atoms with Crippen LogP contribution in [-0.2, 0) is 5.41 Å². The summed E-state index contributed by atoms with van der Waals surface area (Å²) >= 11 is 0. The summed E-state index contributed by atoms with van der Waals surface area (Å²) < 4.78 is 0. The molecule has 0 aliphatic heterocycles. The number of amides is 1. The van der Waals surface area contributed by atoms with Crippen molar-refractivity contribution in [3.63, 3.8) is 0 Å². The third kappa shape index (κ3) is 5.66. The second-order valence-corrected chi connectivity index (χ2v) is 8.52. The van der Waals surface area contributed by atoms with Crippen molar-refractivity contribution in [3.05, 3.63) is 35.4 Å². The number of fused-ring (bicyclic) bond motifs is 3. The van der Waals surface area contributed by atoms with Crippen molar-refractivity contribution in [2.45, 2.75) is 68.3 Å². The number of guanidine groups is 1. The third-order valence-electron chi connectivity index (χ3n) is 6.61. The van der Waals surface area contributed by atoms with E-state index in [2.05, 4.69) is 10.3 Å². The third-order valence-corrected chi connectivity index (χ3v) is 6.61. The van der Waals surface area contributed by atoms with E-state index in [1.54, 1.807) is 12.1 Å². The van der Waals surface area contributed by atoms with Gasteiger partial charge >= 0.3 is 7.12 Å². The zero-order valence-electron chi connectivity index (χ0n) is 17.1. The summed E-state index contributed by atoms with van der Waals surface area (Å²) in [6.07, 6.45) is 6.29. The van der Waals surface area contributed by atoms with Crippen LogP contribution in [0.25, 0.3) is 0 Å². The lowest BCUT2D eigenvalue weighted by Crippen LogP contribution is -2.48. The number of carbonyl (C=O) groups is 1. The lowest BCUT2D eigenvalue weighted by atomic mass is 9.56. The van der Waals surface area contributed by atoms with Crippen molar-refractivity contribution in [2.24, 2.45) is 16.5 Å². The first-order valence-corrected chi connectivity index (χ1v) is 10.3. The maximum absolute atomic E-state index is 12.6. The van der Waals surface area contributed by atoms with E-state index in [1.165, 1.54) is 5.56 Å². The standard InChI is InChI=1S/C20H31BN4O4.ClH/c22-18(23)24-13-1-2-16(21(28)29)25-17(26)14-3-5-15(6-4-14)19-7-10-20(27,11-8-19)12-9-19;/h3-6,16,27-29H,1-2,7-13H2,(H,25,26)(H4,22,23,24);1H/t16-,19?,20?;/m0./s1. The molecule has 2 bridgehead atoms. The lowest BCUT2D eigenvalue weighted by Gasteiger charge is -2.51. The lowest BCUT2D eigenvalue weighted by molar-refractivity contribution is -0.0660. The van der Waals surface area contributed by atoms with Crippen LogP contribution in [0.3, 0.4) is 0 Å². The molecule has 1 amide bonds. The van der Waals surface area contributed by atoms with Gasteiger partial charge in [0.2, 0.25) is 0 Å². The van der Waals surface area contributed by atoms with Crippen LogP contribution in [0.2, 0.25) is 0 Å². The Kier molecular flexibility index (Phi) is 8.16. The number of carbonyl (C=O) groups excluding carboxylic acids is 1. The first kappa shape index (κ1) is 24.5. The second-order valence-electron chi connectivity index (χ2n) is 8.52. The fourth-order valence-electron chi connectivity index (χ4n) is 4.64. The molecular weight excluding hydrogens is 407 g/mol. The van der Waals surface area contributed by atoms with E-state index in [-0.39, 0.29) is 29.7 Å². The van der Waals surface area contributed by atoms with E-state index in [9.17, 15) is 19.9 Å². The van der Waals surface area contributed by atoms with Crippen LogP contribution in [0.15, 0.2) is 29.3 Å². The smallest absolute Gasteiger partial charge is 0.426 e. The Balaban J connectivity index is 0.00000320. The van der Waals surface area contributed by atoms with Gasteiger partial charge in [-0.1, -0.05) is 12.1 Å². The van der Waals surface area contributed by atoms with E-state index in [0.29, 0.717) is 24.9 Å². The Morgan fingerprint density at radius 2 is 1.67 bits per heavy atom. The number of aliphatic imine (C=N–C) groups is 1. The molecule has 0 saturated heterocycles. The summed E-state index contributed by atoms with van der Waals surface area (Å²) in [7, 11) is -1.67. The summed E-state index contributed by atoms with van der Waals surface area (Å²) in [5, 5.41) is 32.2. The van der Waals surface area contributed by atoms with Gasteiger partial charge in [0.25, 0.3) is 5.91 Å². The molecule has 1 aromatic carbocycles. The fourth-order valence-corrected chi connectivity index (χ4v) is 4.64. The van der Waals surface area contributed by atoms with Crippen LogP contribution in [0, 0.1) is 0 Å². The molecule has 8 nitrogen and oxygen atoms in total. The van der Waals surface area contributed by atoms with Gasteiger partial charge in [0.05, 0.1) is 11.5 Å². The highest BCUT2D eigenvalue weighted by Crippen LogP contribution is 2.53. The van der Waals surface area contributed by atoms with Crippen LogP contribution in [0.4, 0.5) is 0 Å². The Bertz CT molecular complexity index is 731. The van der Waals surface area contributed by atoms with Gasteiger partial charge in [0, 0.05) is 12.1 Å². The largest absolute Gasteiger partial charge is 0.475 e. The minimum absolute atomic E-state index is 0. The number of hydrogen-bond donors (Lipinski definition) is 6. The minimum Gasteiger partial charge on any atom is -0.426 e. The number of halogens is 1. The molecule has 0 aromatic heterocycles. The van der Waals surface area contributed by atoms with Gasteiger partial charge in [0.15, 0.2) is 5.96 Å². The molecule has 0 radical (unpaired) electrons. The van der Waals surface area contributed by atoms with Gasteiger partial charge in [-0.3, -0.25) is 9.79 Å². The quantitative estimate of drug-likeness (QED) is 0.151. The molecular formula is C20H32BClN4O4. The Morgan fingerprint density at radius 1 is 1.10 bits per heavy atom. The predicted molar refractivity (Wildman–Crippen MR) is 119 cm³/mol. The summed E-state index contributed by atoms with van der Waals surface area (Å²) in [5.74, 6) is -1.17. The topological polar surface area (TPSA) is 154 Å². The zero-order valence-corrected chi connectivity index (χ0v) is 17.9. The number of benzene rings is 1. The first-order valence-electron chi connectivity index (χ1n) is 10.3. The molecule has 1 aromatic rings. The normalized spacial score (nSPS) is 25.7. The molecule has 3 saturated carbocycles. The van der Waals surface area contributed by atoms with E-state index >= 15 is 0 Å². The van der Waals surface area contributed by atoms with E-state index in [4.69, 9.17) is 11.5 Å². The number of nitrogens with zero attached hydrogens (tertiary/aromatic N) is 1. The first-order chi connectivity index (χ1) is 13.7. The van der Waals surface area contributed by atoms with Crippen molar-refractivity contribution in [1.82, 2.24) is 5.32 Å². The maximum Gasteiger partial charge on any atom is 0.475 e. The Morgan fingerprint density at radius 3 is 2.17 bits per heavy atom. The highest BCUT2D eigenvalue weighted by atomic mass is 35.5.